The van der Waals surface area contributed by atoms with E-state index >= 15 is 0 Å². The molecule has 0 aromatic heterocycles. The van der Waals surface area contributed by atoms with Crippen LogP contribution in [-0.2, 0) is 12.0 Å². The average molecular weight is 464 g/mol. The number of hydrogen-bond acceptors (Lipinski definition) is 5. The monoisotopic (exact) mass is 463 g/mol. The quantitative estimate of drug-likeness (QED) is 0.407. The number of nitrogens with one attached hydrogen (secondary N) is 1. The van der Waals surface area contributed by atoms with Gasteiger partial charge in [-0.3, -0.25) is 4.79 Å². The maximum Gasteiger partial charge on any atom is 0.255 e. The summed E-state index contributed by atoms with van der Waals surface area (Å²) >= 11 is 0. The molecule has 0 radical (unpaired) electrons. The van der Waals surface area contributed by atoms with Crippen LogP contribution in [-0.4, -0.2) is 26.7 Å². The SMILES string of the molecule is CCOc1ccc(C(=O)Nc2ccc(OC)c(OC)c2)cc1COc1ccccc1C(C)(C)C. The van der Waals surface area contributed by atoms with Gasteiger partial charge in [0.2, 0.25) is 0 Å². The molecule has 3 rings (SSSR count). The second kappa shape index (κ2) is 11.0. The highest BCUT2D eigenvalue weighted by Gasteiger charge is 2.19. The van der Waals surface area contributed by atoms with E-state index in [9.17, 15) is 4.79 Å². The normalized spacial score (nSPS) is 11.0. The molecule has 3 aromatic carbocycles. The van der Waals surface area contributed by atoms with E-state index in [0.717, 1.165) is 16.9 Å². The minimum absolute atomic E-state index is 0.0551. The fourth-order valence-corrected chi connectivity index (χ4v) is 3.61. The van der Waals surface area contributed by atoms with E-state index in [1.165, 1.54) is 0 Å². The van der Waals surface area contributed by atoms with Gasteiger partial charge in [-0.1, -0.05) is 39.0 Å². The average Bonchev–Trinajstić information content (AvgIpc) is 2.83. The molecule has 0 saturated carbocycles. The zero-order chi connectivity index (χ0) is 24.7. The summed E-state index contributed by atoms with van der Waals surface area (Å²) in [6.45, 7) is 9.18. The summed E-state index contributed by atoms with van der Waals surface area (Å²) in [6, 6.07) is 18.6. The number of carbonyl (C=O) groups is 1. The predicted molar refractivity (Wildman–Crippen MR) is 135 cm³/mol. The third-order valence-corrected chi connectivity index (χ3v) is 5.34. The smallest absolute Gasteiger partial charge is 0.255 e. The van der Waals surface area contributed by atoms with Gasteiger partial charge in [-0.15, -0.1) is 0 Å². The first-order chi connectivity index (χ1) is 16.3. The Labute approximate surface area is 201 Å². The molecular weight excluding hydrogens is 430 g/mol. The van der Waals surface area contributed by atoms with Crippen molar-refractivity contribution in [1.29, 1.82) is 0 Å². The highest BCUT2D eigenvalue weighted by molar-refractivity contribution is 6.04. The van der Waals surface area contributed by atoms with Gasteiger partial charge in [-0.05, 0) is 54.3 Å². The minimum Gasteiger partial charge on any atom is -0.493 e. The molecule has 3 aromatic rings. The van der Waals surface area contributed by atoms with Gasteiger partial charge in [0.05, 0.1) is 20.8 Å². The Morgan fingerprint density at radius 2 is 1.53 bits per heavy atom. The van der Waals surface area contributed by atoms with Crippen molar-refractivity contribution in [2.24, 2.45) is 0 Å². The van der Waals surface area contributed by atoms with Gasteiger partial charge in [-0.25, -0.2) is 0 Å². The molecule has 0 saturated heterocycles. The Balaban J connectivity index is 1.83. The van der Waals surface area contributed by atoms with Crippen LogP contribution in [0.3, 0.4) is 0 Å². The van der Waals surface area contributed by atoms with Gasteiger partial charge in [0, 0.05) is 22.9 Å². The van der Waals surface area contributed by atoms with Crippen LogP contribution in [0.25, 0.3) is 0 Å². The van der Waals surface area contributed by atoms with E-state index in [4.69, 9.17) is 18.9 Å². The van der Waals surface area contributed by atoms with Crippen LogP contribution in [0, 0.1) is 0 Å². The summed E-state index contributed by atoms with van der Waals surface area (Å²) in [4.78, 5) is 13.0. The number of anilines is 1. The van der Waals surface area contributed by atoms with E-state index in [2.05, 4.69) is 32.2 Å². The zero-order valence-electron chi connectivity index (χ0n) is 20.7. The van der Waals surface area contributed by atoms with E-state index < -0.39 is 0 Å². The van der Waals surface area contributed by atoms with Gasteiger partial charge in [0.1, 0.15) is 18.1 Å². The van der Waals surface area contributed by atoms with Gasteiger partial charge in [0.15, 0.2) is 11.5 Å². The first-order valence-electron chi connectivity index (χ1n) is 11.3. The van der Waals surface area contributed by atoms with Crippen molar-refractivity contribution in [2.45, 2.75) is 39.7 Å². The predicted octanol–water partition coefficient (Wildman–Crippen LogP) is 6.23. The first kappa shape index (κ1) is 25.0. The molecule has 1 amide bonds. The molecule has 0 atom stereocenters. The van der Waals surface area contributed by atoms with Gasteiger partial charge in [-0.2, -0.15) is 0 Å². The lowest BCUT2D eigenvalue weighted by molar-refractivity contribution is 0.102. The summed E-state index contributed by atoms with van der Waals surface area (Å²) in [5, 5.41) is 2.91. The van der Waals surface area contributed by atoms with Gasteiger partial charge >= 0.3 is 0 Å². The molecule has 0 aliphatic heterocycles. The van der Waals surface area contributed by atoms with E-state index in [1.807, 2.05) is 25.1 Å². The van der Waals surface area contributed by atoms with Crippen molar-refractivity contribution in [3.63, 3.8) is 0 Å². The highest BCUT2D eigenvalue weighted by atomic mass is 16.5. The summed E-state index contributed by atoms with van der Waals surface area (Å²) in [5.74, 6) is 2.40. The molecule has 0 bridgehead atoms. The van der Waals surface area contributed by atoms with E-state index in [1.54, 1.807) is 50.6 Å². The van der Waals surface area contributed by atoms with Gasteiger partial charge in [0.25, 0.3) is 5.91 Å². The molecule has 1 N–H and O–H groups in total. The number of carbonyl (C=O) groups excluding carboxylic acids is 1. The van der Waals surface area contributed by atoms with Crippen molar-refractivity contribution in [3.8, 4) is 23.0 Å². The van der Waals surface area contributed by atoms with Crippen LogP contribution >= 0.6 is 0 Å². The second-order valence-corrected chi connectivity index (χ2v) is 8.81. The Bertz CT molecular complexity index is 1130. The van der Waals surface area contributed by atoms with E-state index in [0.29, 0.717) is 35.1 Å². The van der Waals surface area contributed by atoms with E-state index in [-0.39, 0.29) is 17.9 Å². The fraction of sp³-hybridized carbons (Fsp3) is 0.321. The maximum atomic E-state index is 13.0. The Morgan fingerprint density at radius 3 is 2.21 bits per heavy atom. The van der Waals surface area contributed by atoms with Crippen LogP contribution in [0.2, 0.25) is 0 Å². The van der Waals surface area contributed by atoms with Crippen molar-refractivity contribution in [1.82, 2.24) is 0 Å². The number of benzene rings is 3. The molecule has 180 valence electrons. The van der Waals surface area contributed by atoms with Crippen LogP contribution in [0.15, 0.2) is 60.7 Å². The highest BCUT2D eigenvalue weighted by Crippen LogP contribution is 2.33. The standard InChI is InChI=1S/C28H33NO5/c1-7-33-23-14-12-19(27(30)29-21-13-15-25(31-5)26(17-21)32-6)16-20(23)18-34-24-11-9-8-10-22(24)28(2,3)4/h8-17H,7,18H2,1-6H3,(H,29,30). The largest absolute Gasteiger partial charge is 0.493 e. The molecule has 0 spiro atoms. The lowest BCUT2D eigenvalue weighted by Gasteiger charge is -2.23. The summed E-state index contributed by atoms with van der Waals surface area (Å²) in [6.07, 6.45) is 0. The third-order valence-electron chi connectivity index (χ3n) is 5.34. The zero-order valence-corrected chi connectivity index (χ0v) is 20.7. The molecule has 0 fully saturated rings. The molecule has 34 heavy (non-hydrogen) atoms. The molecule has 6 heteroatoms. The summed E-state index contributed by atoms with van der Waals surface area (Å²) in [7, 11) is 3.12. The number of para-hydroxylation sites is 1. The number of methoxy groups -OCH3 is 2. The molecule has 0 unspecified atom stereocenters. The van der Waals surface area contributed by atoms with Crippen molar-refractivity contribution < 1.29 is 23.7 Å². The van der Waals surface area contributed by atoms with Crippen molar-refractivity contribution >= 4 is 11.6 Å². The third kappa shape index (κ3) is 6.01. The molecule has 0 aliphatic rings. The maximum absolute atomic E-state index is 13.0. The molecule has 0 aliphatic carbocycles. The van der Waals surface area contributed by atoms with Gasteiger partial charge < -0.3 is 24.3 Å². The Morgan fingerprint density at radius 1 is 0.824 bits per heavy atom. The molecular formula is C28H33NO5. The van der Waals surface area contributed by atoms with Crippen LogP contribution < -0.4 is 24.3 Å². The Kier molecular flexibility index (Phi) is 8.05. The van der Waals surface area contributed by atoms with Crippen LogP contribution in [0.5, 0.6) is 23.0 Å². The Hall–Kier alpha value is -3.67. The van der Waals surface area contributed by atoms with Crippen molar-refractivity contribution in [3.05, 3.63) is 77.4 Å². The number of rotatable bonds is 9. The number of ether oxygens (including phenoxy) is 4. The number of hydrogen-bond donors (Lipinski definition) is 1. The summed E-state index contributed by atoms with van der Waals surface area (Å²) in [5.41, 5.74) is 2.97. The lowest BCUT2D eigenvalue weighted by Crippen LogP contribution is -2.14. The van der Waals surface area contributed by atoms with Crippen LogP contribution in [0.1, 0.15) is 49.2 Å². The minimum atomic E-state index is -0.244. The topological polar surface area (TPSA) is 66.0 Å². The summed E-state index contributed by atoms with van der Waals surface area (Å²) < 4.78 is 22.6. The fourth-order valence-electron chi connectivity index (χ4n) is 3.61. The molecule has 0 heterocycles. The van der Waals surface area contributed by atoms with Crippen LogP contribution in [0.4, 0.5) is 5.69 Å². The lowest BCUT2D eigenvalue weighted by atomic mass is 9.86. The second-order valence-electron chi connectivity index (χ2n) is 8.81. The van der Waals surface area contributed by atoms with Crippen molar-refractivity contribution in [2.75, 3.05) is 26.1 Å². The number of amides is 1. The first-order valence-corrected chi connectivity index (χ1v) is 11.3. The molecule has 6 nitrogen and oxygen atoms in total.